The zero-order valence-electron chi connectivity index (χ0n) is 14.2. The van der Waals surface area contributed by atoms with Gasteiger partial charge in [0, 0.05) is 32.6 Å². The van der Waals surface area contributed by atoms with Crippen LogP contribution >= 0.6 is 0 Å². The summed E-state index contributed by atoms with van der Waals surface area (Å²) in [4.78, 5) is 0.165. The number of fused-ring (bicyclic) bond motifs is 1. The molecule has 0 bridgehead atoms. The van der Waals surface area contributed by atoms with E-state index in [0.29, 0.717) is 30.5 Å². The minimum Gasteiger partial charge on any atom is -0.490 e. The quantitative estimate of drug-likeness (QED) is 0.738. The Kier molecular flexibility index (Phi) is 4.51. The van der Waals surface area contributed by atoms with Gasteiger partial charge in [-0.25, -0.2) is 13.1 Å². The van der Waals surface area contributed by atoms with Crippen molar-refractivity contribution >= 4 is 10.0 Å². The summed E-state index contributed by atoms with van der Waals surface area (Å²) < 4.78 is 45.8. The van der Waals surface area contributed by atoms with Gasteiger partial charge < -0.3 is 14.2 Å². The van der Waals surface area contributed by atoms with Crippen LogP contribution in [-0.4, -0.2) is 65.8 Å². The van der Waals surface area contributed by atoms with Crippen LogP contribution in [0.4, 0.5) is 0 Å². The Hall–Kier alpha value is -2.24. The minimum atomic E-state index is -3.70. The molecular weight excluding hydrogens is 362 g/mol. The van der Waals surface area contributed by atoms with Gasteiger partial charge in [0.2, 0.25) is 10.0 Å². The Bertz CT molecular complexity index is 900. The van der Waals surface area contributed by atoms with Crippen LogP contribution in [0.1, 0.15) is 18.3 Å². The number of morpholine rings is 1. The molecular formula is C15H19N5O5S. The van der Waals surface area contributed by atoms with Gasteiger partial charge in [-0.15, -0.1) is 5.10 Å². The third-order valence-corrected chi connectivity index (χ3v) is 6.19. The molecule has 0 radical (unpaired) electrons. The highest BCUT2D eigenvalue weighted by Gasteiger charge is 2.34. The lowest BCUT2D eigenvalue weighted by Crippen LogP contribution is -2.42. The average molecular weight is 381 g/mol. The van der Waals surface area contributed by atoms with Gasteiger partial charge in [0.05, 0.1) is 24.7 Å². The van der Waals surface area contributed by atoms with E-state index in [1.54, 1.807) is 13.1 Å². The summed E-state index contributed by atoms with van der Waals surface area (Å²) in [5, 5.41) is 11.3. The molecule has 11 heteroatoms. The molecule has 0 saturated carbocycles. The third-order valence-electron chi connectivity index (χ3n) is 4.33. The monoisotopic (exact) mass is 381 g/mol. The first-order valence-electron chi connectivity index (χ1n) is 8.29. The normalized spacial score (nSPS) is 21.3. The summed E-state index contributed by atoms with van der Waals surface area (Å²) in [6.07, 6.45) is 0.243. The summed E-state index contributed by atoms with van der Waals surface area (Å²) in [6.45, 7) is 1.72. The number of benzene rings is 1. The third kappa shape index (κ3) is 3.13. The van der Waals surface area contributed by atoms with Crippen molar-refractivity contribution in [3.05, 3.63) is 24.0 Å². The van der Waals surface area contributed by atoms with Crippen LogP contribution in [0, 0.1) is 0 Å². The van der Waals surface area contributed by atoms with Crippen LogP contribution in [0.15, 0.2) is 23.1 Å². The molecule has 1 unspecified atom stereocenters. The molecule has 0 spiro atoms. The fraction of sp³-hybridized carbons (Fsp3) is 0.533. The highest BCUT2D eigenvalue weighted by Crippen LogP contribution is 2.33. The van der Waals surface area contributed by atoms with Crippen molar-refractivity contribution in [1.82, 2.24) is 24.5 Å². The van der Waals surface area contributed by atoms with Crippen molar-refractivity contribution in [3.63, 3.8) is 0 Å². The van der Waals surface area contributed by atoms with Crippen molar-refractivity contribution in [2.45, 2.75) is 17.4 Å². The van der Waals surface area contributed by atoms with Crippen molar-refractivity contribution < 1.29 is 22.6 Å². The van der Waals surface area contributed by atoms with E-state index in [1.807, 2.05) is 0 Å². The molecule has 0 amide bonds. The van der Waals surface area contributed by atoms with Crippen LogP contribution in [-0.2, 0) is 21.8 Å². The molecule has 1 saturated heterocycles. The van der Waals surface area contributed by atoms with E-state index in [9.17, 15) is 8.42 Å². The van der Waals surface area contributed by atoms with E-state index in [-0.39, 0.29) is 24.6 Å². The van der Waals surface area contributed by atoms with Gasteiger partial charge in [0.25, 0.3) is 0 Å². The first-order chi connectivity index (χ1) is 12.6. The second-order valence-electron chi connectivity index (χ2n) is 6.04. The van der Waals surface area contributed by atoms with E-state index in [2.05, 4.69) is 15.5 Å². The Labute approximate surface area is 150 Å². The molecule has 1 fully saturated rings. The highest BCUT2D eigenvalue weighted by molar-refractivity contribution is 7.89. The van der Waals surface area contributed by atoms with E-state index in [1.165, 1.54) is 21.1 Å². The molecule has 2 aromatic rings. The molecule has 10 nitrogen and oxygen atoms in total. The maximum atomic E-state index is 13.1. The SMILES string of the molecule is Cn1nnnc1C1CN(S(=O)(=O)c2ccc3c(c2)OCCCO3)CCO1. The predicted octanol–water partition coefficient (Wildman–Crippen LogP) is 0.134. The molecule has 2 aliphatic rings. The zero-order chi connectivity index (χ0) is 18.1. The lowest BCUT2D eigenvalue weighted by atomic mass is 10.3. The summed E-state index contributed by atoms with van der Waals surface area (Å²) in [5.41, 5.74) is 0. The van der Waals surface area contributed by atoms with Gasteiger partial charge in [-0.1, -0.05) is 0 Å². The number of rotatable bonds is 3. The number of hydrogen-bond donors (Lipinski definition) is 0. The fourth-order valence-electron chi connectivity index (χ4n) is 2.96. The molecule has 1 aromatic heterocycles. The van der Waals surface area contributed by atoms with Crippen molar-refractivity contribution in [2.75, 3.05) is 32.9 Å². The number of sulfonamides is 1. The minimum absolute atomic E-state index is 0.144. The molecule has 4 rings (SSSR count). The Morgan fingerprint density at radius 1 is 1.15 bits per heavy atom. The molecule has 0 aliphatic carbocycles. The number of ether oxygens (including phenoxy) is 3. The van der Waals surface area contributed by atoms with E-state index < -0.39 is 16.1 Å². The average Bonchev–Trinajstić information content (AvgIpc) is 2.94. The van der Waals surface area contributed by atoms with Gasteiger partial charge in [-0.05, 0) is 22.6 Å². The zero-order valence-corrected chi connectivity index (χ0v) is 15.1. The van der Waals surface area contributed by atoms with Crippen LogP contribution in [0.25, 0.3) is 0 Å². The van der Waals surface area contributed by atoms with Crippen LogP contribution < -0.4 is 9.47 Å². The lowest BCUT2D eigenvalue weighted by Gasteiger charge is -2.31. The standard InChI is InChI=1S/C15H19N5O5S/c1-19-15(16-17-18-19)14-10-20(5-8-25-14)26(21,22)11-3-4-12-13(9-11)24-7-2-6-23-12/h3-4,9,14H,2,5-8,10H2,1H3. The summed E-state index contributed by atoms with van der Waals surface area (Å²) >= 11 is 0. The van der Waals surface area contributed by atoms with E-state index in [0.717, 1.165) is 6.42 Å². The van der Waals surface area contributed by atoms with Gasteiger partial charge in [0.1, 0.15) is 6.10 Å². The predicted molar refractivity (Wildman–Crippen MR) is 88.3 cm³/mol. The molecule has 0 N–H and O–H groups in total. The number of aryl methyl sites for hydroxylation is 1. The van der Waals surface area contributed by atoms with Crippen molar-refractivity contribution in [2.24, 2.45) is 7.05 Å². The molecule has 2 aliphatic heterocycles. The van der Waals surface area contributed by atoms with Gasteiger partial charge in [-0.2, -0.15) is 4.31 Å². The second-order valence-corrected chi connectivity index (χ2v) is 7.98. The summed E-state index contributed by atoms with van der Waals surface area (Å²) in [6, 6.07) is 4.69. The second kappa shape index (κ2) is 6.82. The number of nitrogens with zero attached hydrogens (tertiary/aromatic N) is 5. The first-order valence-corrected chi connectivity index (χ1v) is 9.73. The van der Waals surface area contributed by atoms with Gasteiger partial charge in [-0.3, -0.25) is 0 Å². The van der Waals surface area contributed by atoms with Crippen LogP contribution in [0.5, 0.6) is 11.5 Å². The van der Waals surface area contributed by atoms with Gasteiger partial charge >= 0.3 is 0 Å². The number of hydrogen-bond acceptors (Lipinski definition) is 8. The van der Waals surface area contributed by atoms with Crippen LogP contribution in [0.2, 0.25) is 0 Å². The topological polar surface area (TPSA) is 109 Å². The molecule has 3 heterocycles. The molecule has 140 valence electrons. The Morgan fingerprint density at radius 3 is 2.73 bits per heavy atom. The smallest absolute Gasteiger partial charge is 0.243 e. The van der Waals surface area contributed by atoms with Crippen molar-refractivity contribution in [3.8, 4) is 11.5 Å². The van der Waals surface area contributed by atoms with E-state index in [4.69, 9.17) is 14.2 Å². The molecule has 26 heavy (non-hydrogen) atoms. The largest absolute Gasteiger partial charge is 0.490 e. The maximum Gasteiger partial charge on any atom is 0.243 e. The summed E-state index contributed by atoms with van der Waals surface area (Å²) in [5.74, 6) is 1.50. The van der Waals surface area contributed by atoms with E-state index >= 15 is 0 Å². The fourth-order valence-corrected chi connectivity index (χ4v) is 4.40. The van der Waals surface area contributed by atoms with Crippen molar-refractivity contribution in [1.29, 1.82) is 0 Å². The van der Waals surface area contributed by atoms with Crippen LogP contribution in [0.3, 0.4) is 0 Å². The number of tetrazole rings is 1. The summed E-state index contributed by atoms with van der Waals surface area (Å²) in [7, 11) is -2.01. The molecule has 1 atom stereocenters. The Balaban J connectivity index is 1.60. The maximum absolute atomic E-state index is 13.1. The number of aromatic nitrogens is 4. The lowest BCUT2D eigenvalue weighted by molar-refractivity contribution is -0.00952. The highest BCUT2D eigenvalue weighted by atomic mass is 32.2. The Morgan fingerprint density at radius 2 is 1.96 bits per heavy atom. The molecule has 1 aromatic carbocycles. The first kappa shape index (κ1) is 17.2. The van der Waals surface area contributed by atoms with Gasteiger partial charge in [0.15, 0.2) is 17.3 Å².